The Hall–Kier alpha value is -3.74. The summed E-state index contributed by atoms with van der Waals surface area (Å²) < 4.78 is 10.1. The van der Waals surface area contributed by atoms with Gasteiger partial charge in [-0.05, 0) is 65.6 Å². The van der Waals surface area contributed by atoms with E-state index < -0.39 is 24.6 Å². The molecule has 0 bridgehead atoms. The lowest BCUT2D eigenvalue weighted by atomic mass is 10.0. The Morgan fingerprint density at radius 3 is 1.65 bits per heavy atom. The van der Waals surface area contributed by atoms with Crippen LogP contribution in [0.3, 0.4) is 0 Å². The predicted molar refractivity (Wildman–Crippen MR) is 146 cm³/mol. The third-order valence-electron chi connectivity index (χ3n) is 5.12. The van der Waals surface area contributed by atoms with E-state index in [1.54, 1.807) is 0 Å². The van der Waals surface area contributed by atoms with Gasteiger partial charge in [0.25, 0.3) is 0 Å². The van der Waals surface area contributed by atoms with Crippen LogP contribution in [0.5, 0.6) is 0 Å². The summed E-state index contributed by atoms with van der Waals surface area (Å²) >= 11 is 0. The first kappa shape index (κ1) is 33.3. The van der Waals surface area contributed by atoms with Gasteiger partial charge in [-0.2, -0.15) is 0 Å². The number of aliphatic hydroxyl groups excluding tert-OH is 1. The van der Waals surface area contributed by atoms with Crippen LogP contribution in [0.1, 0.15) is 96.8 Å². The highest BCUT2D eigenvalue weighted by molar-refractivity contribution is 5.89. The molecule has 1 N–H and O–H groups in total. The SMILES string of the molecule is C#CC#CC#CC#CC#CC#CC(=O)OC[C@H](CO)OC(=O)CCCCCCCCCCCCCCC. The quantitative estimate of drug-likeness (QED) is 0.129. The van der Waals surface area contributed by atoms with E-state index in [9.17, 15) is 14.7 Å². The highest BCUT2D eigenvalue weighted by Gasteiger charge is 2.15. The van der Waals surface area contributed by atoms with E-state index in [2.05, 4.69) is 72.0 Å². The van der Waals surface area contributed by atoms with Gasteiger partial charge in [0.1, 0.15) is 6.61 Å². The molecule has 0 aromatic heterocycles. The van der Waals surface area contributed by atoms with Crippen molar-refractivity contribution < 1.29 is 24.2 Å². The van der Waals surface area contributed by atoms with E-state index in [1.807, 2.05) is 0 Å². The fourth-order valence-corrected chi connectivity index (χ4v) is 3.20. The minimum absolute atomic E-state index is 0.277. The van der Waals surface area contributed by atoms with Gasteiger partial charge < -0.3 is 14.6 Å². The van der Waals surface area contributed by atoms with Crippen molar-refractivity contribution in [3.05, 3.63) is 0 Å². The average molecular weight is 503 g/mol. The summed E-state index contributed by atoms with van der Waals surface area (Å²) in [5, 5.41) is 9.37. The molecule has 0 aliphatic carbocycles. The standard InChI is InChI=1S/C32H38O5/c1-3-5-7-9-11-13-15-16-17-19-21-23-25-27-32(35)37-30(28-33)29-36-31(34)26-24-22-20-18-14-12-10-8-6-4-2/h2,30,33H,3,5,7,9,11,13,15-17,19,21,23,25,27-29H2,1H3/t30-/m0/s1. The number of terminal acetylenes is 1. The first-order valence-electron chi connectivity index (χ1n) is 13.1. The molecule has 0 rings (SSSR count). The fraction of sp³-hybridized carbons (Fsp3) is 0.562. The Bertz CT molecular complexity index is 1010. The second-order valence-corrected chi connectivity index (χ2v) is 8.28. The van der Waals surface area contributed by atoms with Gasteiger partial charge in [-0.3, -0.25) is 4.79 Å². The van der Waals surface area contributed by atoms with Crippen molar-refractivity contribution in [1.29, 1.82) is 0 Å². The summed E-state index contributed by atoms with van der Waals surface area (Å²) in [4.78, 5) is 23.6. The lowest BCUT2D eigenvalue weighted by molar-refractivity contribution is -0.159. The molecule has 0 heterocycles. The largest absolute Gasteiger partial charge is 0.456 e. The van der Waals surface area contributed by atoms with Crippen LogP contribution in [-0.2, 0) is 19.1 Å². The van der Waals surface area contributed by atoms with Crippen molar-refractivity contribution in [3.63, 3.8) is 0 Å². The Morgan fingerprint density at radius 1 is 0.703 bits per heavy atom. The number of unbranched alkanes of at least 4 members (excludes halogenated alkanes) is 12. The zero-order chi connectivity index (χ0) is 27.2. The Kier molecular flexibility index (Phi) is 24.1. The maximum absolute atomic E-state index is 12.0. The maximum atomic E-state index is 12.0. The molecule has 5 heteroatoms. The fourth-order valence-electron chi connectivity index (χ4n) is 3.20. The first-order valence-corrected chi connectivity index (χ1v) is 13.1. The van der Waals surface area contributed by atoms with Crippen molar-refractivity contribution in [2.45, 2.75) is 103 Å². The summed E-state index contributed by atoms with van der Waals surface area (Å²) in [7, 11) is 0. The number of esters is 2. The zero-order valence-corrected chi connectivity index (χ0v) is 22.0. The number of aliphatic hydroxyl groups is 1. The van der Waals surface area contributed by atoms with Crippen LogP contribution in [0, 0.1) is 71.5 Å². The highest BCUT2D eigenvalue weighted by Crippen LogP contribution is 2.13. The number of hydrogen-bond acceptors (Lipinski definition) is 5. The van der Waals surface area contributed by atoms with E-state index in [-0.39, 0.29) is 13.0 Å². The van der Waals surface area contributed by atoms with Crippen molar-refractivity contribution in [2.24, 2.45) is 0 Å². The minimum atomic E-state index is -0.923. The van der Waals surface area contributed by atoms with E-state index in [0.29, 0.717) is 0 Å². The smallest absolute Gasteiger partial charge is 0.385 e. The van der Waals surface area contributed by atoms with Crippen LogP contribution >= 0.6 is 0 Å². The molecule has 37 heavy (non-hydrogen) atoms. The van der Waals surface area contributed by atoms with Crippen LogP contribution in [0.25, 0.3) is 0 Å². The van der Waals surface area contributed by atoms with E-state index >= 15 is 0 Å². The van der Waals surface area contributed by atoms with Crippen LogP contribution < -0.4 is 0 Å². The number of carbonyl (C=O) groups is 2. The molecule has 0 spiro atoms. The number of carbonyl (C=O) groups excluding carboxylic acids is 2. The molecule has 5 nitrogen and oxygen atoms in total. The summed E-state index contributed by atoms with van der Waals surface area (Å²) in [5.74, 6) is 24.4. The molecule has 0 aliphatic heterocycles. The molecule has 0 amide bonds. The van der Waals surface area contributed by atoms with Gasteiger partial charge in [-0.25, -0.2) is 4.79 Å². The van der Waals surface area contributed by atoms with Gasteiger partial charge in [-0.15, -0.1) is 6.42 Å². The lowest BCUT2D eigenvalue weighted by Crippen LogP contribution is -2.28. The number of ether oxygens (including phenoxy) is 2. The molecular weight excluding hydrogens is 464 g/mol. The average Bonchev–Trinajstić information content (AvgIpc) is 2.90. The Balaban J connectivity index is 3.91. The molecule has 0 aromatic rings. The van der Waals surface area contributed by atoms with Gasteiger partial charge in [0, 0.05) is 12.3 Å². The van der Waals surface area contributed by atoms with E-state index in [0.717, 1.165) is 19.3 Å². The molecule has 0 aromatic carbocycles. The minimum Gasteiger partial charge on any atom is -0.456 e. The number of rotatable bonds is 18. The molecular formula is C32H38O5. The predicted octanol–water partition coefficient (Wildman–Crippen LogP) is 4.57. The summed E-state index contributed by atoms with van der Waals surface area (Å²) in [5.41, 5.74) is 0. The zero-order valence-electron chi connectivity index (χ0n) is 22.0. The van der Waals surface area contributed by atoms with Gasteiger partial charge in [0.15, 0.2) is 6.10 Å². The van der Waals surface area contributed by atoms with Crippen LogP contribution in [0.2, 0.25) is 0 Å². The van der Waals surface area contributed by atoms with Gasteiger partial charge in [0.05, 0.1) is 6.61 Å². The molecule has 0 radical (unpaired) electrons. The molecule has 0 aliphatic rings. The second-order valence-electron chi connectivity index (χ2n) is 8.28. The monoisotopic (exact) mass is 502 g/mol. The number of hydrogen-bond donors (Lipinski definition) is 1. The lowest BCUT2D eigenvalue weighted by Gasteiger charge is -2.14. The molecule has 0 unspecified atom stereocenters. The van der Waals surface area contributed by atoms with Crippen molar-refractivity contribution >= 4 is 11.9 Å². The topological polar surface area (TPSA) is 72.8 Å². The van der Waals surface area contributed by atoms with Gasteiger partial charge in [0.2, 0.25) is 0 Å². The second kappa shape index (κ2) is 26.9. The Morgan fingerprint density at radius 2 is 1.16 bits per heavy atom. The van der Waals surface area contributed by atoms with Crippen molar-refractivity contribution in [1.82, 2.24) is 0 Å². The molecule has 0 fully saturated rings. The van der Waals surface area contributed by atoms with E-state index in [1.165, 1.54) is 64.2 Å². The van der Waals surface area contributed by atoms with Crippen molar-refractivity contribution in [2.75, 3.05) is 13.2 Å². The third-order valence-corrected chi connectivity index (χ3v) is 5.12. The van der Waals surface area contributed by atoms with Crippen LogP contribution in [0.15, 0.2) is 0 Å². The molecule has 0 saturated heterocycles. The summed E-state index contributed by atoms with van der Waals surface area (Å²) in [6, 6.07) is 0. The summed E-state index contributed by atoms with van der Waals surface area (Å²) in [6.07, 6.45) is 20.2. The normalized spacial score (nSPS) is 9.54. The van der Waals surface area contributed by atoms with E-state index in [4.69, 9.17) is 15.9 Å². The molecule has 0 saturated carbocycles. The maximum Gasteiger partial charge on any atom is 0.385 e. The van der Waals surface area contributed by atoms with Gasteiger partial charge in [-0.1, -0.05) is 84.0 Å². The van der Waals surface area contributed by atoms with Gasteiger partial charge >= 0.3 is 11.9 Å². The van der Waals surface area contributed by atoms with Crippen molar-refractivity contribution in [3.8, 4) is 71.5 Å². The molecule has 196 valence electrons. The molecule has 1 atom stereocenters. The third kappa shape index (κ3) is 25.2. The van der Waals surface area contributed by atoms with Crippen LogP contribution in [0.4, 0.5) is 0 Å². The Labute approximate surface area is 223 Å². The highest BCUT2D eigenvalue weighted by atomic mass is 16.6. The van der Waals surface area contributed by atoms with Crippen LogP contribution in [-0.4, -0.2) is 36.4 Å². The first-order chi connectivity index (χ1) is 18.1. The summed E-state index contributed by atoms with van der Waals surface area (Å²) in [6.45, 7) is 1.51.